The fraction of sp³-hybridized carbons (Fsp3) is 0.353. The highest BCUT2D eigenvalue weighted by Crippen LogP contribution is 2.24. The molecule has 0 spiro atoms. The molecule has 1 atom stereocenters. The zero-order valence-corrected chi connectivity index (χ0v) is 12.0. The number of aryl methyl sites for hydroxylation is 1. The van der Waals surface area contributed by atoms with E-state index in [0.717, 1.165) is 30.5 Å². The first-order valence-corrected chi connectivity index (χ1v) is 7.24. The van der Waals surface area contributed by atoms with Crippen LogP contribution in [0.15, 0.2) is 41.0 Å². The Kier molecular flexibility index (Phi) is 3.78. The highest BCUT2D eigenvalue weighted by Gasteiger charge is 2.31. The molecule has 0 radical (unpaired) electrons. The van der Waals surface area contributed by atoms with Gasteiger partial charge in [-0.25, -0.2) is 4.39 Å². The van der Waals surface area contributed by atoms with Crippen LogP contribution in [0, 0.1) is 12.7 Å². The second-order valence-corrected chi connectivity index (χ2v) is 5.56. The van der Waals surface area contributed by atoms with E-state index in [0.29, 0.717) is 12.2 Å². The van der Waals surface area contributed by atoms with Crippen LogP contribution in [-0.4, -0.2) is 23.4 Å². The molecule has 1 aliphatic heterocycles. The molecule has 0 saturated carbocycles. The number of halogens is 1. The predicted octanol–water partition coefficient (Wildman–Crippen LogP) is 3.57. The predicted molar refractivity (Wildman–Crippen MR) is 77.6 cm³/mol. The summed E-state index contributed by atoms with van der Waals surface area (Å²) >= 11 is 0. The zero-order chi connectivity index (χ0) is 14.8. The number of furan rings is 1. The Hall–Kier alpha value is -2.10. The van der Waals surface area contributed by atoms with Gasteiger partial charge >= 0.3 is 0 Å². The van der Waals surface area contributed by atoms with Crippen molar-refractivity contribution in [2.45, 2.75) is 32.2 Å². The molecular formula is C17H18FNO2. The van der Waals surface area contributed by atoms with Crippen molar-refractivity contribution in [3.05, 3.63) is 59.3 Å². The summed E-state index contributed by atoms with van der Waals surface area (Å²) in [4.78, 5) is 14.4. The summed E-state index contributed by atoms with van der Waals surface area (Å²) in [5.41, 5.74) is 1.78. The Morgan fingerprint density at radius 3 is 3.00 bits per heavy atom. The number of hydrogen-bond acceptors (Lipinski definition) is 2. The minimum absolute atomic E-state index is 0.0589. The van der Waals surface area contributed by atoms with Gasteiger partial charge in [-0.1, -0.05) is 12.1 Å². The smallest absolute Gasteiger partial charge is 0.290 e. The first kappa shape index (κ1) is 13.9. The molecule has 0 bridgehead atoms. The van der Waals surface area contributed by atoms with E-state index in [2.05, 4.69) is 0 Å². The van der Waals surface area contributed by atoms with Crippen LogP contribution in [0.1, 0.15) is 34.5 Å². The van der Waals surface area contributed by atoms with Crippen LogP contribution in [-0.2, 0) is 6.42 Å². The lowest BCUT2D eigenvalue weighted by molar-refractivity contribution is 0.0703. The van der Waals surface area contributed by atoms with Crippen LogP contribution < -0.4 is 0 Å². The zero-order valence-electron chi connectivity index (χ0n) is 12.0. The van der Waals surface area contributed by atoms with E-state index in [9.17, 15) is 9.18 Å². The SMILES string of the molecule is Cc1ccoc1C(=O)N1CCCC1Cc1cccc(F)c1. The molecular weight excluding hydrogens is 269 g/mol. The monoisotopic (exact) mass is 287 g/mol. The Bertz CT molecular complexity index is 650. The number of nitrogens with zero attached hydrogens (tertiary/aromatic N) is 1. The van der Waals surface area contributed by atoms with Gasteiger partial charge in [0.1, 0.15) is 5.82 Å². The molecule has 1 fully saturated rings. The van der Waals surface area contributed by atoms with Crippen molar-refractivity contribution in [1.29, 1.82) is 0 Å². The Morgan fingerprint density at radius 1 is 1.43 bits per heavy atom. The molecule has 1 amide bonds. The Morgan fingerprint density at radius 2 is 2.29 bits per heavy atom. The highest BCUT2D eigenvalue weighted by atomic mass is 19.1. The van der Waals surface area contributed by atoms with E-state index in [4.69, 9.17) is 4.42 Å². The van der Waals surface area contributed by atoms with Gasteiger partial charge in [0, 0.05) is 18.2 Å². The Labute approximate surface area is 123 Å². The summed E-state index contributed by atoms with van der Waals surface area (Å²) in [6.45, 7) is 2.60. The first-order chi connectivity index (χ1) is 10.1. The third kappa shape index (κ3) is 2.84. The molecule has 2 heterocycles. The van der Waals surface area contributed by atoms with Crippen molar-refractivity contribution >= 4 is 5.91 Å². The number of likely N-dealkylation sites (tertiary alicyclic amines) is 1. The molecule has 1 aliphatic rings. The third-order valence-electron chi connectivity index (χ3n) is 4.05. The van der Waals surface area contributed by atoms with Crippen LogP contribution in [0.25, 0.3) is 0 Å². The summed E-state index contributed by atoms with van der Waals surface area (Å²) < 4.78 is 18.6. The van der Waals surface area contributed by atoms with Crippen LogP contribution >= 0.6 is 0 Å². The van der Waals surface area contributed by atoms with Crippen LogP contribution in [0.4, 0.5) is 4.39 Å². The van der Waals surface area contributed by atoms with Gasteiger partial charge in [0.05, 0.1) is 6.26 Å². The number of amides is 1. The first-order valence-electron chi connectivity index (χ1n) is 7.24. The Balaban J connectivity index is 1.77. The van der Waals surface area contributed by atoms with Gasteiger partial charge in [-0.2, -0.15) is 0 Å². The molecule has 1 aromatic carbocycles. The molecule has 1 aromatic heterocycles. The van der Waals surface area contributed by atoms with E-state index in [1.165, 1.54) is 6.07 Å². The van der Waals surface area contributed by atoms with E-state index in [-0.39, 0.29) is 17.8 Å². The van der Waals surface area contributed by atoms with E-state index in [1.54, 1.807) is 24.5 Å². The van der Waals surface area contributed by atoms with Gasteiger partial charge in [0.15, 0.2) is 5.76 Å². The van der Waals surface area contributed by atoms with Crippen LogP contribution in [0.5, 0.6) is 0 Å². The number of hydrogen-bond donors (Lipinski definition) is 0. The molecule has 0 aliphatic carbocycles. The van der Waals surface area contributed by atoms with Crippen molar-refractivity contribution < 1.29 is 13.6 Å². The van der Waals surface area contributed by atoms with Crippen molar-refractivity contribution in [3.63, 3.8) is 0 Å². The number of benzene rings is 1. The lowest BCUT2D eigenvalue weighted by Crippen LogP contribution is -2.36. The topological polar surface area (TPSA) is 33.5 Å². The van der Waals surface area contributed by atoms with E-state index >= 15 is 0 Å². The van der Waals surface area contributed by atoms with Crippen molar-refractivity contribution in [2.24, 2.45) is 0 Å². The second kappa shape index (κ2) is 5.72. The molecule has 2 aromatic rings. The van der Waals surface area contributed by atoms with Gasteiger partial charge in [-0.05, 0) is 49.9 Å². The molecule has 0 N–H and O–H groups in total. The normalized spacial score (nSPS) is 18.2. The van der Waals surface area contributed by atoms with Gasteiger partial charge in [-0.15, -0.1) is 0 Å². The quantitative estimate of drug-likeness (QED) is 0.864. The molecule has 4 heteroatoms. The summed E-state index contributed by atoms with van der Waals surface area (Å²) in [6.07, 6.45) is 4.15. The van der Waals surface area contributed by atoms with Crippen molar-refractivity contribution in [3.8, 4) is 0 Å². The molecule has 1 saturated heterocycles. The standard InChI is InChI=1S/C17H18FNO2/c1-12-7-9-21-16(12)17(20)19-8-3-6-15(19)11-13-4-2-5-14(18)10-13/h2,4-5,7,9-10,15H,3,6,8,11H2,1H3. The maximum absolute atomic E-state index is 13.3. The van der Waals surface area contributed by atoms with Gasteiger partial charge < -0.3 is 9.32 Å². The van der Waals surface area contributed by atoms with E-state index in [1.807, 2.05) is 17.9 Å². The number of carbonyl (C=O) groups is 1. The molecule has 110 valence electrons. The largest absolute Gasteiger partial charge is 0.459 e. The molecule has 1 unspecified atom stereocenters. The van der Waals surface area contributed by atoms with Crippen molar-refractivity contribution in [2.75, 3.05) is 6.54 Å². The highest BCUT2D eigenvalue weighted by molar-refractivity contribution is 5.93. The van der Waals surface area contributed by atoms with Gasteiger partial charge in [-0.3, -0.25) is 4.79 Å². The van der Waals surface area contributed by atoms with Gasteiger partial charge in [0.25, 0.3) is 5.91 Å². The summed E-state index contributed by atoms with van der Waals surface area (Å²) in [5.74, 6) is 0.128. The lowest BCUT2D eigenvalue weighted by Gasteiger charge is -2.24. The minimum atomic E-state index is -0.231. The number of rotatable bonds is 3. The minimum Gasteiger partial charge on any atom is -0.459 e. The summed E-state index contributed by atoms with van der Waals surface area (Å²) in [5, 5.41) is 0. The van der Waals surface area contributed by atoms with Gasteiger partial charge in [0.2, 0.25) is 0 Å². The molecule has 3 nitrogen and oxygen atoms in total. The molecule has 3 rings (SSSR count). The van der Waals surface area contributed by atoms with E-state index < -0.39 is 0 Å². The van der Waals surface area contributed by atoms with Crippen LogP contribution in [0.2, 0.25) is 0 Å². The average molecular weight is 287 g/mol. The van der Waals surface area contributed by atoms with Crippen LogP contribution in [0.3, 0.4) is 0 Å². The van der Waals surface area contributed by atoms with Crippen molar-refractivity contribution in [1.82, 2.24) is 4.90 Å². The third-order valence-corrected chi connectivity index (χ3v) is 4.05. The lowest BCUT2D eigenvalue weighted by atomic mass is 10.0. The molecule has 21 heavy (non-hydrogen) atoms. The summed E-state index contributed by atoms with van der Waals surface area (Å²) in [7, 11) is 0. The summed E-state index contributed by atoms with van der Waals surface area (Å²) in [6, 6.07) is 8.51. The average Bonchev–Trinajstić information content (AvgIpc) is 3.07. The number of carbonyl (C=O) groups excluding carboxylic acids is 1. The second-order valence-electron chi connectivity index (χ2n) is 5.56. The fourth-order valence-electron chi connectivity index (χ4n) is 2.97. The fourth-order valence-corrected chi connectivity index (χ4v) is 2.97. The maximum atomic E-state index is 13.3. The maximum Gasteiger partial charge on any atom is 0.290 e.